The van der Waals surface area contributed by atoms with Gasteiger partial charge in [0.15, 0.2) is 0 Å². The van der Waals surface area contributed by atoms with Crippen molar-refractivity contribution < 1.29 is 0 Å². The van der Waals surface area contributed by atoms with E-state index in [9.17, 15) is 0 Å². The van der Waals surface area contributed by atoms with E-state index < -0.39 is 0 Å². The molecule has 0 amide bonds. The van der Waals surface area contributed by atoms with Crippen molar-refractivity contribution in [3.05, 3.63) is 40.5 Å². The number of nitrogens with one attached hydrogen (secondary N) is 1. The van der Waals surface area contributed by atoms with Crippen molar-refractivity contribution in [2.24, 2.45) is 0 Å². The maximum absolute atomic E-state index is 4.83. The SMILES string of the molecule is CCc1nnc(-c2cc3c(nc2C)[nH]c2c(C4CC4)cccc23)s1. The Labute approximate surface area is 144 Å². The van der Waals surface area contributed by atoms with Crippen LogP contribution in [0.4, 0.5) is 0 Å². The van der Waals surface area contributed by atoms with E-state index in [-0.39, 0.29) is 0 Å². The quantitative estimate of drug-likeness (QED) is 0.574. The molecule has 3 heterocycles. The third-order valence-electron chi connectivity index (χ3n) is 4.86. The van der Waals surface area contributed by atoms with Crippen LogP contribution in [-0.4, -0.2) is 20.2 Å². The highest BCUT2D eigenvalue weighted by Gasteiger charge is 2.26. The summed E-state index contributed by atoms with van der Waals surface area (Å²) < 4.78 is 0. The highest BCUT2D eigenvalue weighted by Crippen LogP contribution is 2.44. The van der Waals surface area contributed by atoms with Gasteiger partial charge in [0.1, 0.15) is 15.7 Å². The second-order valence-corrected chi connectivity index (χ2v) is 7.60. The van der Waals surface area contributed by atoms with Crippen LogP contribution in [0, 0.1) is 6.92 Å². The predicted molar refractivity (Wildman–Crippen MR) is 98.6 cm³/mol. The number of hydrogen-bond donors (Lipinski definition) is 1. The molecule has 1 fully saturated rings. The minimum absolute atomic E-state index is 0.720. The number of aromatic amines is 1. The number of benzene rings is 1. The van der Waals surface area contributed by atoms with Gasteiger partial charge in [-0.3, -0.25) is 0 Å². The zero-order valence-electron chi connectivity index (χ0n) is 13.8. The smallest absolute Gasteiger partial charge is 0.149 e. The second kappa shape index (κ2) is 5.11. The molecule has 0 spiro atoms. The molecule has 0 unspecified atom stereocenters. The van der Waals surface area contributed by atoms with E-state index >= 15 is 0 Å². The lowest BCUT2D eigenvalue weighted by Gasteiger charge is -2.01. The fourth-order valence-electron chi connectivity index (χ4n) is 3.41. The average Bonchev–Trinajstić information content (AvgIpc) is 3.21. The first kappa shape index (κ1) is 14.1. The summed E-state index contributed by atoms with van der Waals surface area (Å²) in [6.45, 7) is 4.16. The van der Waals surface area contributed by atoms with Crippen molar-refractivity contribution in [1.82, 2.24) is 20.2 Å². The summed E-state index contributed by atoms with van der Waals surface area (Å²) in [5.74, 6) is 0.720. The molecule has 0 aliphatic heterocycles. The molecule has 0 saturated heterocycles. The van der Waals surface area contributed by atoms with Crippen molar-refractivity contribution >= 4 is 33.3 Å². The zero-order valence-corrected chi connectivity index (χ0v) is 14.6. The zero-order chi connectivity index (χ0) is 16.3. The Bertz CT molecular complexity index is 1070. The number of H-pyrrole nitrogens is 1. The minimum atomic E-state index is 0.720. The normalized spacial score (nSPS) is 14.8. The Kier molecular flexibility index (Phi) is 3.00. The maximum Gasteiger partial charge on any atom is 0.149 e. The molecule has 4 nitrogen and oxygen atoms in total. The van der Waals surface area contributed by atoms with E-state index in [4.69, 9.17) is 4.98 Å². The number of pyridine rings is 1. The molecule has 1 aromatic carbocycles. The standard InChI is InChI=1S/C19H18N4S/c1-3-16-22-23-19(24-16)14-9-15-13-6-4-5-12(11-7-8-11)17(13)21-18(15)20-10(14)2/h4-6,9,11H,3,7-8H2,1-2H3,(H,20,21). The third-order valence-corrected chi connectivity index (χ3v) is 5.96. The lowest BCUT2D eigenvalue weighted by molar-refractivity contribution is 0.985. The Morgan fingerprint density at radius 3 is 2.83 bits per heavy atom. The predicted octanol–water partition coefficient (Wildman–Crippen LogP) is 4.98. The summed E-state index contributed by atoms with van der Waals surface area (Å²) in [4.78, 5) is 8.39. The number of fused-ring (bicyclic) bond motifs is 3. The minimum Gasteiger partial charge on any atom is -0.339 e. The molecule has 0 bridgehead atoms. The van der Waals surface area contributed by atoms with Gasteiger partial charge in [-0.05, 0) is 43.7 Å². The van der Waals surface area contributed by atoms with Crippen molar-refractivity contribution in [1.29, 1.82) is 0 Å². The van der Waals surface area contributed by atoms with E-state index in [0.717, 1.165) is 39.3 Å². The van der Waals surface area contributed by atoms with Crippen LogP contribution in [-0.2, 0) is 6.42 Å². The van der Waals surface area contributed by atoms with Crippen LogP contribution >= 0.6 is 11.3 Å². The Balaban J connectivity index is 1.77. The largest absolute Gasteiger partial charge is 0.339 e. The molecule has 0 atom stereocenters. The van der Waals surface area contributed by atoms with E-state index in [1.165, 1.54) is 34.7 Å². The van der Waals surface area contributed by atoms with Crippen molar-refractivity contribution in [2.45, 2.75) is 39.0 Å². The summed E-state index contributed by atoms with van der Waals surface area (Å²) in [6.07, 6.45) is 3.53. The second-order valence-electron chi connectivity index (χ2n) is 6.54. The first-order valence-electron chi connectivity index (χ1n) is 8.49. The molecular weight excluding hydrogens is 316 g/mol. The fraction of sp³-hybridized carbons (Fsp3) is 0.316. The summed E-state index contributed by atoms with van der Waals surface area (Å²) >= 11 is 1.66. The number of nitrogens with zero attached hydrogens (tertiary/aromatic N) is 3. The molecule has 24 heavy (non-hydrogen) atoms. The molecule has 1 N–H and O–H groups in total. The van der Waals surface area contributed by atoms with Crippen LogP contribution in [0.5, 0.6) is 0 Å². The first-order valence-corrected chi connectivity index (χ1v) is 9.31. The number of para-hydroxylation sites is 1. The molecule has 3 aromatic heterocycles. The molecule has 5 heteroatoms. The van der Waals surface area contributed by atoms with E-state index in [0.29, 0.717) is 0 Å². The third kappa shape index (κ3) is 2.08. The van der Waals surface area contributed by atoms with Crippen molar-refractivity contribution in [3.8, 4) is 10.6 Å². The molecule has 1 saturated carbocycles. The van der Waals surface area contributed by atoms with Gasteiger partial charge >= 0.3 is 0 Å². The topological polar surface area (TPSA) is 54.5 Å². The van der Waals surface area contributed by atoms with Crippen LogP contribution in [0.15, 0.2) is 24.3 Å². The van der Waals surface area contributed by atoms with Crippen LogP contribution in [0.3, 0.4) is 0 Å². The molecular formula is C19H18N4S. The summed E-state index contributed by atoms with van der Waals surface area (Å²) in [5, 5.41) is 13.1. The number of hydrogen-bond acceptors (Lipinski definition) is 4. The first-order chi connectivity index (χ1) is 11.7. The maximum atomic E-state index is 4.83. The number of rotatable bonds is 3. The van der Waals surface area contributed by atoms with E-state index in [1.54, 1.807) is 11.3 Å². The monoisotopic (exact) mass is 334 g/mol. The molecule has 1 aliphatic rings. The lowest BCUT2D eigenvalue weighted by atomic mass is 10.1. The van der Waals surface area contributed by atoms with Gasteiger partial charge in [0.25, 0.3) is 0 Å². The fourth-order valence-corrected chi connectivity index (χ4v) is 4.26. The van der Waals surface area contributed by atoms with Gasteiger partial charge in [0.05, 0.1) is 11.2 Å². The van der Waals surface area contributed by atoms with Crippen LogP contribution in [0.25, 0.3) is 32.5 Å². The van der Waals surface area contributed by atoms with Crippen molar-refractivity contribution in [2.75, 3.05) is 0 Å². The summed E-state index contributed by atoms with van der Waals surface area (Å²) in [5.41, 5.74) is 5.76. The molecule has 5 rings (SSSR count). The molecule has 1 aliphatic carbocycles. The molecule has 0 radical (unpaired) electrons. The van der Waals surface area contributed by atoms with Gasteiger partial charge in [-0.1, -0.05) is 36.5 Å². The highest BCUT2D eigenvalue weighted by atomic mass is 32.1. The van der Waals surface area contributed by atoms with Gasteiger partial charge in [-0.15, -0.1) is 10.2 Å². The lowest BCUT2D eigenvalue weighted by Crippen LogP contribution is -1.88. The van der Waals surface area contributed by atoms with Gasteiger partial charge in [-0.25, -0.2) is 4.98 Å². The van der Waals surface area contributed by atoms with Crippen LogP contribution in [0.2, 0.25) is 0 Å². The molecule has 4 aromatic rings. The van der Waals surface area contributed by atoms with E-state index in [1.807, 2.05) is 0 Å². The summed E-state index contributed by atoms with van der Waals surface area (Å²) in [7, 11) is 0. The number of aromatic nitrogens is 4. The Morgan fingerprint density at radius 1 is 1.21 bits per heavy atom. The Hall–Kier alpha value is -2.27. The van der Waals surface area contributed by atoms with Crippen molar-refractivity contribution in [3.63, 3.8) is 0 Å². The van der Waals surface area contributed by atoms with Crippen LogP contribution < -0.4 is 0 Å². The highest BCUT2D eigenvalue weighted by molar-refractivity contribution is 7.14. The van der Waals surface area contributed by atoms with Gasteiger partial charge in [-0.2, -0.15) is 0 Å². The summed E-state index contributed by atoms with van der Waals surface area (Å²) in [6, 6.07) is 8.84. The number of aryl methyl sites for hydroxylation is 2. The van der Waals surface area contributed by atoms with Gasteiger partial charge < -0.3 is 4.98 Å². The Morgan fingerprint density at radius 2 is 2.08 bits per heavy atom. The van der Waals surface area contributed by atoms with Gasteiger partial charge in [0, 0.05) is 16.3 Å². The van der Waals surface area contributed by atoms with Gasteiger partial charge in [0.2, 0.25) is 0 Å². The van der Waals surface area contributed by atoms with Crippen LogP contribution in [0.1, 0.15) is 41.9 Å². The average molecular weight is 334 g/mol. The molecule has 120 valence electrons. The van der Waals surface area contributed by atoms with E-state index in [2.05, 4.69) is 53.3 Å².